The Morgan fingerprint density at radius 1 is 0.877 bits per heavy atom. The molecule has 5 N–H and O–H groups in total. The number of alkyl halides is 3. The summed E-state index contributed by atoms with van der Waals surface area (Å²) in [6, 6.07) is 16.0. The number of carbonyl (C=O) groups excluding carboxylic acids is 3. The van der Waals surface area contributed by atoms with Gasteiger partial charge in [0.25, 0.3) is 5.91 Å². The maximum absolute atomic E-state index is 13.6. The molecule has 0 spiro atoms. The van der Waals surface area contributed by atoms with E-state index in [4.69, 9.17) is 16.3 Å². The third-order valence-corrected chi connectivity index (χ3v) is 8.85. The Morgan fingerprint density at radius 3 is 2.19 bits per heavy atom. The van der Waals surface area contributed by atoms with E-state index in [0.29, 0.717) is 29.4 Å². The molecule has 0 aliphatic heterocycles. The molecular weight excluding hydrogens is 776 g/mol. The molecule has 6 rings (SSSR count). The van der Waals surface area contributed by atoms with Crippen molar-refractivity contribution in [2.75, 3.05) is 35.6 Å². The summed E-state index contributed by atoms with van der Waals surface area (Å²) < 4.78 is 58.7. The fourth-order valence-corrected chi connectivity index (χ4v) is 5.56. The van der Waals surface area contributed by atoms with E-state index in [9.17, 15) is 31.9 Å². The van der Waals surface area contributed by atoms with Crippen LogP contribution in [0.3, 0.4) is 0 Å². The first-order chi connectivity index (χ1) is 27.0. The summed E-state index contributed by atoms with van der Waals surface area (Å²) >= 11 is 6.06. The average molecular weight is 811 g/mol. The third-order valence-electron chi connectivity index (χ3n) is 8.59. The Hall–Kier alpha value is -6.44. The van der Waals surface area contributed by atoms with Crippen molar-refractivity contribution in [1.29, 1.82) is 0 Å². The number of halogens is 5. The quantitative estimate of drug-likeness (QED) is 0.0722. The van der Waals surface area contributed by atoms with E-state index in [0.717, 1.165) is 17.7 Å². The van der Waals surface area contributed by atoms with Crippen molar-refractivity contribution < 1.29 is 36.7 Å². The van der Waals surface area contributed by atoms with Gasteiger partial charge in [0.05, 0.1) is 16.8 Å². The SMILES string of the molecule is Cc1nnnn1-c1cc(Nc2nc(NC3(c4ccc(Cl)cc4)CC3)nc(OCC(F)(F)F)n2)ccc1C(=O)NCC(C)(C)CNC(=O)C(=O)Nc1ccc(F)cc1. The maximum Gasteiger partial charge on any atom is 0.422 e. The van der Waals surface area contributed by atoms with E-state index in [1.165, 1.54) is 35.0 Å². The minimum absolute atomic E-state index is 0.00302. The van der Waals surface area contributed by atoms with Crippen LogP contribution in [0.2, 0.25) is 5.02 Å². The lowest BCUT2D eigenvalue weighted by Gasteiger charge is -2.25. The Kier molecular flexibility index (Phi) is 11.5. The molecule has 1 saturated carbocycles. The van der Waals surface area contributed by atoms with Crippen LogP contribution >= 0.6 is 11.6 Å². The molecule has 1 aliphatic rings. The van der Waals surface area contributed by atoms with Crippen molar-refractivity contribution in [2.45, 2.75) is 45.3 Å². The fourth-order valence-electron chi connectivity index (χ4n) is 5.43. The Bertz CT molecular complexity index is 2270. The zero-order valence-corrected chi connectivity index (χ0v) is 31.3. The van der Waals surface area contributed by atoms with Crippen molar-refractivity contribution in [2.24, 2.45) is 5.41 Å². The first-order valence-corrected chi connectivity index (χ1v) is 17.6. The van der Waals surface area contributed by atoms with Crippen LogP contribution in [0.4, 0.5) is 40.8 Å². The second kappa shape index (κ2) is 16.3. The van der Waals surface area contributed by atoms with Crippen LogP contribution < -0.4 is 31.3 Å². The summed E-state index contributed by atoms with van der Waals surface area (Å²) in [6.07, 6.45) is -3.26. The lowest BCUT2D eigenvalue weighted by molar-refractivity contribution is -0.154. The lowest BCUT2D eigenvalue weighted by atomic mass is 9.93. The zero-order chi connectivity index (χ0) is 41.0. The second-order valence-electron chi connectivity index (χ2n) is 13.9. The number of nitrogens with zero attached hydrogens (tertiary/aromatic N) is 7. The van der Waals surface area contributed by atoms with E-state index >= 15 is 0 Å². The normalized spacial score (nSPS) is 13.3. The van der Waals surface area contributed by atoms with Crippen LogP contribution in [0.25, 0.3) is 5.69 Å². The van der Waals surface area contributed by atoms with E-state index in [2.05, 4.69) is 57.1 Å². The molecule has 3 aromatic carbocycles. The number of anilines is 4. The molecule has 298 valence electrons. The predicted molar refractivity (Wildman–Crippen MR) is 199 cm³/mol. The number of benzene rings is 3. The number of aryl methyl sites for hydroxylation is 1. The first kappa shape index (κ1) is 40.2. The molecule has 1 fully saturated rings. The summed E-state index contributed by atoms with van der Waals surface area (Å²) in [5.74, 6) is -2.78. The highest BCUT2D eigenvalue weighted by Crippen LogP contribution is 2.48. The number of aromatic nitrogens is 7. The van der Waals surface area contributed by atoms with Gasteiger partial charge in [0.1, 0.15) is 5.82 Å². The Labute approximate surface area is 327 Å². The van der Waals surface area contributed by atoms with Gasteiger partial charge < -0.3 is 31.3 Å². The summed E-state index contributed by atoms with van der Waals surface area (Å²) in [5.41, 5.74) is 0.472. The molecule has 57 heavy (non-hydrogen) atoms. The van der Waals surface area contributed by atoms with Gasteiger partial charge in [0.15, 0.2) is 12.4 Å². The molecule has 2 aromatic heterocycles. The number of hydrogen-bond donors (Lipinski definition) is 5. The van der Waals surface area contributed by atoms with Crippen molar-refractivity contribution >= 4 is 52.6 Å². The van der Waals surface area contributed by atoms with Crippen LogP contribution in [0.15, 0.2) is 66.7 Å². The molecular formula is C36H35ClF4N12O4. The van der Waals surface area contributed by atoms with E-state index in [-0.39, 0.29) is 41.9 Å². The van der Waals surface area contributed by atoms with Crippen LogP contribution in [0.1, 0.15) is 48.4 Å². The van der Waals surface area contributed by atoms with Crippen LogP contribution in [-0.4, -0.2) is 78.8 Å². The highest BCUT2D eigenvalue weighted by Gasteiger charge is 2.45. The minimum atomic E-state index is -4.66. The van der Waals surface area contributed by atoms with Gasteiger partial charge in [0, 0.05) is 29.5 Å². The molecule has 0 atom stereocenters. The van der Waals surface area contributed by atoms with E-state index < -0.39 is 53.3 Å². The van der Waals surface area contributed by atoms with E-state index in [1.54, 1.807) is 32.9 Å². The second-order valence-corrected chi connectivity index (χ2v) is 14.3. The number of hydrogen-bond acceptors (Lipinski definition) is 12. The molecule has 0 unspecified atom stereocenters. The minimum Gasteiger partial charge on any atom is -0.454 e. The van der Waals surface area contributed by atoms with Gasteiger partial charge in [-0.25, -0.2) is 4.39 Å². The third kappa shape index (κ3) is 10.7. The zero-order valence-electron chi connectivity index (χ0n) is 30.5. The van der Waals surface area contributed by atoms with Crippen LogP contribution in [0, 0.1) is 18.2 Å². The summed E-state index contributed by atoms with van der Waals surface area (Å²) in [7, 11) is 0. The van der Waals surface area contributed by atoms with Gasteiger partial charge in [-0.15, -0.1) is 5.10 Å². The van der Waals surface area contributed by atoms with Crippen molar-refractivity contribution in [3.05, 3.63) is 94.5 Å². The molecule has 16 nitrogen and oxygen atoms in total. The van der Waals surface area contributed by atoms with Gasteiger partial charge in [0.2, 0.25) is 11.9 Å². The number of amides is 3. The maximum atomic E-state index is 13.6. The smallest absolute Gasteiger partial charge is 0.422 e. The van der Waals surface area contributed by atoms with Gasteiger partial charge in [-0.3, -0.25) is 14.4 Å². The van der Waals surface area contributed by atoms with Crippen LogP contribution in [-0.2, 0) is 15.1 Å². The highest BCUT2D eigenvalue weighted by atomic mass is 35.5. The molecule has 0 bridgehead atoms. The highest BCUT2D eigenvalue weighted by molar-refractivity contribution is 6.39. The monoisotopic (exact) mass is 810 g/mol. The summed E-state index contributed by atoms with van der Waals surface area (Å²) in [6.45, 7) is 3.55. The van der Waals surface area contributed by atoms with Gasteiger partial charge in [-0.05, 0) is 95.8 Å². The van der Waals surface area contributed by atoms with Gasteiger partial charge in [-0.1, -0.05) is 37.6 Å². The lowest BCUT2D eigenvalue weighted by Crippen LogP contribution is -2.45. The Morgan fingerprint density at radius 2 is 1.54 bits per heavy atom. The molecule has 0 radical (unpaired) electrons. The van der Waals surface area contributed by atoms with Crippen molar-refractivity contribution in [3.8, 4) is 11.7 Å². The van der Waals surface area contributed by atoms with E-state index in [1.807, 2.05) is 12.1 Å². The molecule has 3 amide bonds. The predicted octanol–water partition coefficient (Wildman–Crippen LogP) is 5.25. The molecule has 5 aromatic rings. The van der Waals surface area contributed by atoms with Gasteiger partial charge in [-0.2, -0.15) is 32.8 Å². The first-order valence-electron chi connectivity index (χ1n) is 17.3. The molecule has 2 heterocycles. The topological polar surface area (TPSA) is 203 Å². The number of ether oxygens (including phenoxy) is 1. The number of tetrazole rings is 1. The fraction of sp³-hybridized carbons (Fsp3) is 0.306. The number of carbonyl (C=O) groups is 3. The summed E-state index contributed by atoms with van der Waals surface area (Å²) in [4.78, 5) is 50.9. The average Bonchev–Trinajstić information content (AvgIpc) is 3.81. The van der Waals surface area contributed by atoms with Crippen molar-refractivity contribution in [3.63, 3.8) is 0 Å². The molecule has 21 heteroatoms. The molecule has 0 saturated heterocycles. The summed E-state index contributed by atoms with van der Waals surface area (Å²) in [5, 5.41) is 26.0. The number of nitrogens with one attached hydrogen (secondary N) is 5. The van der Waals surface area contributed by atoms with Crippen LogP contribution in [0.5, 0.6) is 6.01 Å². The Balaban J connectivity index is 1.17. The van der Waals surface area contributed by atoms with Gasteiger partial charge >= 0.3 is 24.0 Å². The standard InChI is InChI=1S/C36H35ClF4N12O4/c1-20-50-51-52-53(20)27-16-25(12-13-26(27)28(54)42-17-34(2,3)18-43-29(55)30(56)44-24-10-8-23(38)9-11-24)45-31-46-32(48-33(47-31)57-19-36(39,40)41)49-35(14-15-35)21-4-6-22(37)7-5-21/h4-13,16H,14-15,17-19H2,1-3H3,(H,42,54)(H,43,55)(H,44,56)(H2,45,46,47,48,49). The molecule has 1 aliphatic carbocycles. The largest absolute Gasteiger partial charge is 0.454 e. The number of rotatable bonds is 14. The van der Waals surface area contributed by atoms with Crippen molar-refractivity contribution in [1.82, 2.24) is 45.8 Å².